The van der Waals surface area contributed by atoms with Crippen LogP contribution >= 0.6 is 0 Å². The zero-order chi connectivity index (χ0) is 37.6. The van der Waals surface area contributed by atoms with Crippen LogP contribution in [0.2, 0.25) is 0 Å². The zero-order valence-electron chi connectivity index (χ0n) is 31.3. The summed E-state index contributed by atoms with van der Waals surface area (Å²) in [7, 11) is 2.97. The van der Waals surface area contributed by atoms with Crippen LogP contribution in [0.25, 0.3) is 0 Å². The average Bonchev–Trinajstić information content (AvgIpc) is 3.36. The van der Waals surface area contributed by atoms with E-state index in [1.807, 2.05) is 32.9 Å². The van der Waals surface area contributed by atoms with E-state index in [1.54, 1.807) is 33.8 Å². The van der Waals surface area contributed by atoms with Gasteiger partial charge < -0.3 is 52.8 Å². The van der Waals surface area contributed by atoms with Crippen LogP contribution in [0.15, 0.2) is 24.3 Å². The van der Waals surface area contributed by atoms with Gasteiger partial charge in [0, 0.05) is 50.9 Å². The fourth-order valence-electron chi connectivity index (χ4n) is 7.61. The van der Waals surface area contributed by atoms with Crippen molar-refractivity contribution in [3.63, 3.8) is 0 Å². The maximum absolute atomic E-state index is 13.3. The molecule has 14 heteroatoms. The van der Waals surface area contributed by atoms with Gasteiger partial charge in [0.1, 0.15) is 42.4 Å². The van der Waals surface area contributed by atoms with Crippen molar-refractivity contribution in [2.75, 3.05) is 20.8 Å². The van der Waals surface area contributed by atoms with Gasteiger partial charge in [0.25, 0.3) is 0 Å². The van der Waals surface area contributed by atoms with E-state index in [9.17, 15) is 24.6 Å². The summed E-state index contributed by atoms with van der Waals surface area (Å²) >= 11 is 0. The average molecular weight is 727 g/mol. The number of ketones is 1. The summed E-state index contributed by atoms with van der Waals surface area (Å²) in [4.78, 5) is 38.5. The van der Waals surface area contributed by atoms with Crippen molar-refractivity contribution in [3.05, 3.63) is 24.3 Å². The Kier molecular flexibility index (Phi) is 14.6. The molecule has 0 aromatic carbocycles. The molecule has 4 aliphatic rings. The van der Waals surface area contributed by atoms with Gasteiger partial charge in [-0.3, -0.25) is 4.79 Å². The summed E-state index contributed by atoms with van der Waals surface area (Å²) < 4.78 is 52.3. The van der Waals surface area contributed by atoms with Crippen LogP contribution in [0.3, 0.4) is 0 Å². The van der Waals surface area contributed by atoms with Crippen LogP contribution in [0, 0.1) is 23.7 Å². The monoisotopic (exact) mass is 726 g/mol. The molecule has 2 N–H and O–H groups in total. The Bertz CT molecular complexity index is 1240. The van der Waals surface area contributed by atoms with E-state index < -0.39 is 91.2 Å². The third kappa shape index (κ3) is 9.77. The summed E-state index contributed by atoms with van der Waals surface area (Å²) in [6, 6.07) is 0. The van der Waals surface area contributed by atoms with Crippen molar-refractivity contribution >= 4 is 17.9 Å². The topological polar surface area (TPSA) is 175 Å². The van der Waals surface area contributed by atoms with E-state index in [2.05, 4.69) is 0 Å². The Labute approximate surface area is 301 Å². The van der Waals surface area contributed by atoms with Gasteiger partial charge >= 0.3 is 12.1 Å². The first-order valence-corrected chi connectivity index (χ1v) is 18.1. The molecule has 0 aromatic heterocycles. The maximum atomic E-state index is 13.3. The first kappa shape index (κ1) is 41.3. The van der Waals surface area contributed by atoms with Crippen molar-refractivity contribution in [3.8, 4) is 0 Å². The molecule has 0 unspecified atom stereocenters. The molecule has 4 rings (SSSR count). The number of carbonyl (C=O) groups is 3. The van der Waals surface area contributed by atoms with Gasteiger partial charge in [-0.05, 0) is 46.5 Å². The number of cyclic esters (lactones) is 2. The molecule has 0 aliphatic carbocycles. The lowest BCUT2D eigenvalue weighted by Crippen LogP contribution is -2.62. The Hall–Kier alpha value is -2.43. The highest BCUT2D eigenvalue weighted by Crippen LogP contribution is 2.42. The molecular formula is C37H58O14. The van der Waals surface area contributed by atoms with Crippen molar-refractivity contribution in [1.82, 2.24) is 0 Å². The number of esters is 1. The lowest BCUT2D eigenvalue weighted by Gasteiger charge is -2.46. The quantitative estimate of drug-likeness (QED) is 0.287. The first-order chi connectivity index (χ1) is 24.1. The Morgan fingerprint density at radius 2 is 1.57 bits per heavy atom. The van der Waals surface area contributed by atoms with E-state index in [4.69, 9.17) is 42.6 Å². The molecule has 4 heterocycles. The van der Waals surface area contributed by atoms with Crippen molar-refractivity contribution in [1.29, 1.82) is 0 Å². The number of ether oxygens (including phenoxy) is 9. The molecule has 290 valence electrons. The summed E-state index contributed by atoms with van der Waals surface area (Å²) in [5.41, 5.74) is -1.34. The number of Topliss-reactive ketones (excluding diaryl/α,β-unsaturated/α-hetero) is 1. The fraction of sp³-hybridized carbons (Fsp3) is 0.811. The largest absolute Gasteiger partial charge is 0.509 e. The molecule has 3 saturated heterocycles. The first-order valence-electron chi connectivity index (χ1n) is 18.1. The van der Waals surface area contributed by atoms with Gasteiger partial charge in [-0.1, -0.05) is 39.0 Å². The summed E-state index contributed by atoms with van der Waals surface area (Å²) in [5.74, 6) is -1.77. The fourth-order valence-corrected chi connectivity index (χ4v) is 7.61. The van der Waals surface area contributed by atoms with Crippen LogP contribution in [0.1, 0.15) is 74.1 Å². The zero-order valence-corrected chi connectivity index (χ0v) is 31.3. The molecule has 4 aliphatic heterocycles. The lowest BCUT2D eigenvalue weighted by atomic mass is 9.82. The minimum absolute atomic E-state index is 0.0925. The molecule has 0 bridgehead atoms. The van der Waals surface area contributed by atoms with Crippen molar-refractivity contribution < 1.29 is 67.2 Å². The second-order valence-electron chi connectivity index (χ2n) is 14.6. The highest BCUT2D eigenvalue weighted by atomic mass is 16.8. The minimum atomic E-state index is -1.35. The summed E-state index contributed by atoms with van der Waals surface area (Å²) in [6.07, 6.45) is -1.15. The number of rotatable bonds is 7. The highest BCUT2D eigenvalue weighted by molar-refractivity contribution is 5.82. The van der Waals surface area contributed by atoms with E-state index in [0.717, 1.165) is 0 Å². The Morgan fingerprint density at radius 3 is 2.22 bits per heavy atom. The Morgan fingerprint density at radius 1 is 0.863 bits per heavy atom. The molecule has 3 fully saturated rings. The molecule has 0 aromatic rings. The van der Waals surface area contributed by atoms with Crippen LogP contribution in [0.5, 0.6) is 0 Å². The third-order valence-electron chi connectivity index (χ3n) is 10.7. The molecular weight excluding hydrogens is 668 g/mol. The van der Waals surface area contributed by atoms with Crippen molar-refractivity contribution in [2.24, 2.45) is 23.7 Å². The predicted octanol–water partition coefficient (Wildman–Crippen LogP) is 3.64. The van der Waals surface area contributed by atoms with Gasteiger partial charge in [-0.25, -0.2) is 9.59 Å². The van der Waals surface area contributed by atoms with Gasteiger partial charge in [0.15, 0.2) is 18.2 Å². The standard InChI is InChI=1S/C37H58O14/c1-19-14-15-28(39)47-23(5)26(18-45-34-32(44-9)31(43-8)29(40)24(6)48-34)12-10-11-13-27(38)20(2)16-21(3)30(19)50-35-33(41)37(17-22(4)46-35)25(7)49-36(42)51-37/h10,12,14-15,19-26,29-35,40-41H,11,13,16-18H2,1-9H3/b12-10+,15-14+/t19-,20+,21-,22+,23+,24+,25-,26+,29+,30+,31+,32+,33-,34+,35-,37-/m0/s1. The van der Waals surface area contributed by atoms with Gasteiger partial charge in [-0.15, -0.1) is 0 Å². The SMILES string of the molecule is CO[C@@H]1[C@H](O)[C@@H](C)O[C@@H](OC[C@H]2/C=C/CCC(=O)[C@H](C)C[C@H](C)[C@H](O[C@@H]3O[C@H](C)C[C@@]4(OC(=O)O[C@H]4C)[C@H]3O)[C@@H](C)/C=C/C(=O)O[C@@H]2C)[C@@H]1OC. The molecule has 16 atom stereocenters. The Balaban J connectivity index is 1.52. The molecule has 0 saturated carbocycles. The summed E-state index contributed by atoms with van der Waals surface area (Å²) in [6.45, 7) is 12.8. The van der Waals surface area contributed by atoms with E-state index in [0.29, 0.717) is 19.3 Å². The molecule has 14 nitrogen and oxygen atoms in total. The van der Waals surface area contributed by atoms with Gasteiger partial charge in [0.05, 0.1) is 24.9 Å². The molecule has 0 radical (unpaired) electrons. The number of allylic oxidation sites excluding steroid dienone is 1. The van der Waals surface area contributed by atoms with Gasteiger partial charge in [-0.2, -0.15) is 0 Å². The number of aliphatic hydroxyl groups excluding tert-OH is 2. The normalized spacial score (nSPS) is 45.9. The second-order valence-corrected chi connectivity index (χ2v) is 14.6. The van der Waals surface area contributed by atoms with Crippen LogP contribution in [-0.4, -0.2) is 122 Å². The van der Waals surface area contributed by atoms with Gasteiger partial charge in [0.2, 0.25) is 0 Å². The predicted molar refractivity (Wildman–Crippen MR) is 181 cm³/mol. The van der Waals surface area contributed by atoms with Crippen molar-refractivity contribution in [2.45, 2.75) is 147 Å². The maximum Gasteiger partial charge on any atom is 0.509 e. The molecule has 51 heavy (non-hydrogen) atoms. The number of hydrogen-bond acceptors (Lipinski definition) is 14. The number of hydrogen-bond donors (Lipinski definition) is 2. The van der Waals surface area contributed by atoms with Crippen LogP contribution in [-0.2, 0) is 52.2 Å². The van der Waals surface area contributed by atoms with E-state index in [1.165, 1.54) is 20.3 Å². The number of carbonyl (C=O) groups excluding carboxylic acids is 3. The van der Waals surface area contributed by atoms with E-state index >= 15 is 0 Å². The molecule has 1 spiro atoms. The minimum Gasteiger partial charge on any atom is -0.459 e. The van der Waals surface area contributed by atoms with Crippen LogP contribution in [0.4, 0.5) is 4.79 Å². The second kappa shape index (κ2) is 18.1. The van der Waals surface area contributed by atoms with Crippen LogP contribution < -0.4 is 0 Å². The summed E-state index contributed by atoms with van der Waals surface area (Å²) in [5, 5.41) is 22.0. The third-order valence-corrected chi connectivity index (χ3v) is 10.7. The molecule has 0 amide bonds. The van der Waals surface area contributed by atoms with E-state index in [-0.39, 0.29) is 36.6 Å². The number of methoxy groups -OCH3 is 2. The number of aliphatic hydroxyl groups is 2. The smallest absolute Gasteiger partial charge is 0.459 e. The lowest BCUT2D eigenvalue weighted by molar-refractivity contribution is -0.308. The highest BCUT2D eigenvalue weighted by Gasteiger charge is 2.61.